The molecule has 0 aliphatic carbocycles. The number of carboxylic acids is 1. The predicted molar refractivity (Wildman–Crippen MR) is 87.0 cm³/mol. The first-order chi connectivity index (χ1) is 11.9. The lowest BCUT2D eigenvalue weighted by atomic mass is 9.98. The van der Waals surface area contributed by atoms with Crippen LogP contribution in [0.15, 0.2) is 30.3 Å². The van der Waals surface area contributed by atoms with Crippen molar-refractivity contribution in [2.24, 2.45) is 5.92 Å². The lowest BCUT2D eigenvalue weighted by Gasteiger charge is -2.26. The molecular formula is C17H23N2O6-. The quantitative estimate of drug-likeness (QED) is 0.553. The fraction of sp³-hybridized carbons (Fsp3) is 0.471. The van der Waals surface area contributed by atoms with E-state index in [1.807, 2.05) is 13.0 Å². The van der Waals surface area contributed by atoms with Crippen LogP contribution >= 0.6 is 0 Å². The van der Waals surface area contributed by atoms with Gasteiger partial charge in [0.05, 0.1) is 18.6 Å². The molecule has 0 saturated carbocycles. The number of carbonyl (C=O) groups excluding carboxylic acids is 3. The number of amides is 2. The maximum atomic E-state index is 12.2. The molecule has 0 aromatic heterocycles. The zero-order valence-electron chi connectivity index (χ0n) is 14.2. The van der Waals surface area contributed by atoms with Gasteiger partial charge in [-0.25, -0.2) is 4.79 Å². The molecule has 0 heterocycles. The van der Waals surface area contributed by atoms with Gasteiger partial charge < -0.3 is 30.4 Å². The van der Waals surface area contributed by atoms with Crippen LogP contribution in [0, 0.1) is 5.92 Å². The van der Waals surface area contributed by atoms with Gasteiger partial charge in [0, 0.05) is 0 Å². The maximum Gasteiger partial charge on any atom is 0.408 e. The second-order valence-corrected chi connectivity index (χ2v) is 5.63. The SMILES string of the molecule is CC[C@H](C)[C@H](NC(=O)OCc1ccccc1)C(=O)N[C@@H](CO)C(=O)[O-]. The molecule has 0 fully saturated rings. The first-order valence-corrected chi connectivity index (χ1v) is 7.98. The summed E-state index contributed by atoms with van der Waals surface area (Å²) >= 11 is 0. The van der Waals surface area contributed by atoms with E-state index in [1.165, 1.54) is 0 Å². The van der Waals surface area contributed by atoms with Gasteiger partial charge in [0.2, 0.25) is 5.91 Å². The topological polar surface area (TPSA) is 128 Å². The Bertz CT molecular complexity index is 578. The highest BCUT2D eigenvalue weighted by Gasteiger charge is 2.28. The zero-order chi connectivity index (χ0) is 18.8. The van der Waals surface area contributed by atoms with Crippen LogP contribution < -0.4 is 15.7 Å². The average Bonchev–Trinajstić information content (AvgIpc) is 2.62. The van der Waals surface area contributed by atoms with Crippen molar-refractivity contribution in [2.75, 3.05) is 6.61 Å². The first-order valence-electron chi connectivity index (χ1n) is 7.98. The number of alkyl carbamates (subject to hydrolysis) is 1. The Labute approximate surface area is 146 Å². The minimum Gasteiger partial charge on any atom is -0.548 e. The minimum absolute atomic E-state index is 0.0415. The van der Waals surface area contributed by atoms with Gasteiger partial charge in [0.25, 0.3) is 0 Å². The van der Waals surface area contributed by atoms with Gasteiger partial charge in [0.1, 0.15) is 12.6 Å². The van der Waals surface area contributed by atoms with Crippen LogP contribution in [0.3, 0.4) is 0 Å². The number of rotatable bonds is 9. The Balaban J connectivity index is 2.66. The van der Waals surface area contributed by atoms with Gasteiger partial charge in [-0.3, -0.25) is 4.79 Å². The molecule has 0 saturated heterocycles. The van der Waals surface area contributed by atoms with Crippen LogP contribution in [0.4, 0.5) is 4.79 Å². The Hall–Kier alpha value is -2.61. The Kier molecular flexibility index (Phi) is 8.42. The lowest BCUT2D eigenvalue weighted by Crippen LogP contribution is -2.57. The first kappa shape index (κ1) is 20.4. The fourth-order valence-electron chi connectivity index (χ4n) is 2.03. The van der Waals surface area contributed by atoms with E-state index in [9.17, 15) is 19.5 Å². The van der Waals surface area contributed by atoms with Gasteiger partial charge in [-0.1, -0.05) is 50.6 Å². The van der Waals surface area contributed by atoms with Crippen molar-refractivity contribution >= 4 is 18.0 Å². The fourth-order valence-corrected chi connectivity index (χ4v) is 2.03. The Morgan fingerprint density at radius 2 is 1.84 bits per heavy atom. The van der Waals surface area contributed by atoms with Crippen LogP contribution in [0.25, 0.3) is 0 Å². The third kappa shape index (κ3) is 6.80. The Morgan fingerprint density at radius 3 is 2.36 bits per heavy atom. The summed E-state index contributed by atoms with van der Waals surface area (Å²) in [4.78, 5) is 35.0. The molecule has 3 atom stereocenters. The van der Waals surface area contributed by atoms with Crippen LogP contribution in [-0.2, 0) is 20.9 Å². The molecule has 0 spiro atoms. The summed E-state index contributed by atoms with van der Waals surface area (Å²) in [5.41, 5.74) is 0.791. The molecular weight excluding hydrogens is 328 g/mol. The third-order valence-corrected chi connectivity index (χ3v) is 3.77. The molecule has 2 amide bonds. The standard InChI is InChI=1S/C17H24N2O6/c1-3-11(2)14(15(21)18-13(9-20)16(22)23)19-17(24)25-10-12-7-5-4-6-8-12/h4-8,11,13-14,20H,3,9-10H2,1-2H3,(H,18,21)(H,19,24)(H,22,23)/p-1/t11-,13-,14-/m0/s1. The number of benzene rings is 1. The number of aliphatic carboxylic acids is 1. The van der Waals surface area contributed by atoms with E-state index in [0.717, 1.165) is 5.56 Å². The molecule has 3 N–H and O–H groups in total. The largest absolute Gasteiger partial charge is 0.548 e. The van der Waals surface area contributed by atoms with E-state index in [0.29, 0.717) is 6.42 Å². The summed E-state index contributed by atoms with van der Waals surface area (Å²) in [5.74, 6) is -2.61. The summed E-state index contributed by atoms with van der Waals surface area (Å²) in [6, 6.07) is 6.49. The van der Waals surface area contributed by atoms with Crippen LogP contribution in [0.2, 0.25) is 0 Å². The maximum absolute atomic E-state index is 12.2. The van der Waals surface area contributed by atoms with E-state index < -0.39 is 36.7 Å². The van der Waals surface area contributed by atoms with Gasteiger partial charge in [-0.05, 0) is 11.5 Å². The molecule has 0 aliphatic heterocycles. The van der Waals surface area contributed by atoms with E-state index in [1.54, 1.807) is 31.2 Å². The summed E-state index contributed by atoms with van der Waals surface area (Å²) in [6.45, 7) is 2.79. The number of ether oxygens (including phenoxy) is 1. The number of aliphatic hydroxyl groups excluding tert-OH is 1. The van der Waals surface area contributed by atoms with Gasteiger partial charge >= 0.3 is 6.09 Å². The number of hydrogen-bond donors (Lipinski definition) is 3. The van der Waals surface area contributed by atoms with E-state index >= 15 is 0 Å². The molecule has 8 heteroatoms. The van der Waals surface area contributed by atoms with Gasteiger partial charge in [-0.2, -0.15) is 0 Å². The molecule has 0 unspecified atom stereocenters. The van der Waals surface area contributed by atoms with Crippen molar-refractivity contribution < 1.29 is 29.3 Å². The highest BCUT2D eigenvalue weighted by Crippen LogP contribution is 2.09. The van der Waals surface area contributed by atoms with Crippen LogP contribution in [0.1, 0.15) is 25.8 Å². The molecule has 25 heavy (non-hydrogen) atoms. The number of nitrogens with one attached hydrogen (secondary N) is 2. The van der Waals surface area contributed by atoms with Crippen molar-refractivity contribution in [1.82, 2.24) is 10.6 Å². The molecule has 1 rings (SSSR count). The smallest absolute Gasteiger partial charge is 0.408 e. The zero-order valence-corrected chi connectivity index (χ0v) is 14.2. The molecule has 1 aromatic rings. The monoisotopic (exact) mass is 351 g/mol. The van der Waals surface area contributed by atoms with E-state index in [2.05, 4.69) is 10.6 Å². The molecule has 8 nitrogen and oxygen atoms in total. The van der Waals surface area contributed by atoms with Crippen molar-refractivity contribution in [3.63, 3.8) is 0 Å². The van der Waals surface area contributed by atoms with Crippen LogP contribution in [-0.4, -0.2) is 41.8 Å². The molecule has 138 valence electrons. The summed E-state index contributed by atoms with van der Waals surface area (Å²) in [5, 5.41) is 24.4. The summed E-state index contributed by atoms with van der Waals surface area (Å²) in [7, 11) is 0. The third-order valence-electron chi connectivity index (χ3n) is 3.77. The molecule has 0 bridgehead atoms. The average molecular weight is 351 g/mol. The summed E-state index contributed by atoms with van der Waals surface area (Å²) in [6.07, 6.45) is -0.232. The predicted octanol–water partition coefficient (Wildman–Crippen LogP) is -0.445. The van der Waals surface area contributed by atoms with Crippen molar-refractivity contribution in [3.8, 4) is 0 Å². The number of carboxylic acid groups (broad SMARTS) is 1. The highest BCUT2D eigenvalue weighted by atomic mass is 16.5. The second-order valence-electron chi connectivity index (χ2n) is 5.63. The molecule has 0 radical (unpaired) electrons. The van der Waals surface area contributed by atoms with E-state index in [4.69, 9.17) is 9.84 Å². The number of carbonyl (C=O) groups is 3. The van der Waals surface area contributed by atoms with Crippen LogP contribution in [0.5, 0.6) is 0 Å². The normalized spacial score (nSPS) is 14.0. The van der Waals surface area contributed by atoms with Gasteiger partial charge in [-0.15, -0.1) is 0 Å². The van der Waals surface area contributed by atoms with E-state index in [-0.39, 0.29) is 12.5 Å². The lowest BCUT2D eigenvalue weighted by molar-refractivity contribution is -0.309. The number of aliphatic hydroxyl groups is 1. The summed E-state index contributed by atoms with van der Waals surface area (Å²) < 4.78 is 5.07. The molecule has 0 aliphatic rings. The number of hydrogen-bond acceptors (Lipinski definition) is 6. The molecule has 1 aromatic carbocycles. The minimum atomic E-state index is -1.61. The highest BCUT2D eigenvalue weighted by molar-refractivity contribution is 5.89. The van der Waals surface area contributed by atoms with Crippen molar-refractivity contribution in [3.05, 3.63) is 35.9 Å². The second kappa shape index (κ2) is 10.3. The van der Waals surface area contributed by atoms with Crippen molar-refractivity contribution in [1.29, 1.82) is 0 Å². The van der Waals surface area contributed by atoms with Crippen molar-refractivity contribution in [2.45, 2.75) is 39.0 Å². The Morgan fingerprint density at radius 1 is 1.20 bits per heavy atom. The van der Waals surface area contributed by atoms with Gasteiger partial charge in [0.15, 0.2) is 0 Å².